The van der Waals surface area contributed by atoms with Crippen LogP contribution < -0.4 is 0 Å². The smallest absolute Gasteiger partial charge is 0.306 e. The fourth-order valence-electron chi connectivity index (χ4n) is 10.2. The molecule has 0 rings (SSSR count). The van der Waals surface area contributed by atoms with E-state index in [1.165, 1.54) is 154 Å². The first kappa shape index (κ1) is 85.0. The van der Waals surface area contributed by atoms with E-state index in [9.17, 15) is 14.7 Å². The average Bonchev–Trinajstić information content (AvgIpc) is 3.62. The van der Waals surface area contributed by atoms with Gasteiger partial charge in [-0.15, -0.1) is 0 Å². The number of aliphatic hydroxyl groups excluding tert-OH is 1. The molecule has 1 unspecified atom stereocenters. The van der Waals surface area contributed by atoms with Gasteiger partial charge < -0.3 is 14.6 Å². The molecular formula is C85H138O5. The van der Waals surface area contributed by atoms with E-state index < -0.39 is 6.10 Å². The molecule has 0 spiro atoms. The van der Waals surface area contributed by atoms with Crippen LogP contribution in [0.25, 0.3) is 0 Å². The third kappa shape index (κ3) is 75.5. The van der Waals surface area contributed by atoms with Gasteiger partial charge in [0.25, 0.3) is 0 Å². The molecule has 0 saturated carbocycles. The Morgan fingerprint density at radius 1 is 0.256 bits per heavy atom. The quantitative estimate of drug-likeness (QED) is 0.0373. The van der Waals surface area contributed by atoms with Crippen LogP contribution in [0.2, 0.25) is 0 Å². The van der Waals surface area contributed by atoms with Crippen molar-refractivity contribution in [3.05, 3.63) is 182 Å². The van der Waals surface area contributed by atoms with E-state index >= 15 is 0 Å². The summed E-state index contributed by atoms with van der Waals surface area (Å²) in [6, 6.07) is 0. The number of ether oxygens (including phenoxy) is 2. The van der Waals surface area contributed by atoms with Gasteiger partial charge in [-0.1, -0.05) is 357 Å². The highest BCUT2D eigenvalue weighted by Gasteiger charge is 2.16. The Morgan fingerprint density at radius 2 is 0.444 bits per heavy atom. The summed E-state index contributed by atoms with van der Waals surface area (Å²) < 4.78 is 10.8. The number of aliphatic hydroxyl groups is 1. The van der Waals surface area contributed by atoms with E-state index in [-0.39, 0.29) is 25.2 Å². The Balaban J connectivity index is 3.52. The van der Waals surface area contributed by atoms with Crippen LogP contribution in [0.15, 0.2) is 182 Å². The summed E-state index contributed by atoms with van der Waals surface area (Å²) in [6.07, 6.45) is 122. The molecular weight excluding hydrogens is 1100 g/mol. The Bertz CT molecular complexity index is 1990. The molecule has 0 aromatic rings. The lowest BCUT2D eigenvalue weighted by Crippen LogP contribution is -2.28. The summed E-state index contributed by atoms with van der Waals surface area (Å²) in [5.74, 6) is -0.596. The van der Waals surface area contributed by atoms with Gasteiger partial charge >= 0.3 is 11.9 Å². The number of hydrogen-bond donors (Lipinski definition) is 1. The standard InChI is InChI=1S/C85H138O5/c1-3-5-7-9-11-13-15-17-19-21-23-25-27-29-31-33-35-37-39-41-42-44-45-47-49-51-53-55-57-59-61-63-65-67-69-71-73-75-77-79-84(87)89-82-83(81-86)90-85(88)80-78-76-74-72-70-68-66-64-62-60-58-56-54-52-50-48-46-43-40-38-36-34-32-30-28-26-24-22-20-18-16-14-12-10-8-6-4-2/h5-8,11-14,17-20,23-26,29-32,35-38,43,46,50,52,56,58,83,86H,3-4,9-10,15-16,21-22,27-28,33-34,39-42,44-45,47-49,51,53-55,57,59-82H2,1-2H3/b7-5-,8-6-,13-11-,14-12-,19-17-,20-18-,25-23-,26-24-,31-29-,32-30-,37-35-,38-36-,46-43-,52-50-,58-56-. The Labute approximate surface area is 556 Å². The van der Waals surface area contributed by atoms with Gasteiger partial charge in [-0.05, 0) is 135 Å². The maximum atomic E-state index is 12.4. The predicted molar refractivity (Wildman–Crippen MR) is 398 cm³/mol. The van der Waals surface area contributed by atoms with Crippen LogP contribution in [0.4, 0.5) is 0 Å². The molecule has 0 radical (unpaired) electrons. The summed E-state index contributed by atoms with van der Waals surface area (Å²) in [5, 5.41) is 9.72. The van der Waals surface area contributed by atoms with Crippen LogP contribution >= 0.6 is 0 Å². The minimum Gasteiger partial charge on any atom is -0.462 e. The second-order valence-corrected chi connectivity index (χ2v) is 24.3. The normalized spacial score (nSPS) is 13.3. The first-order chi connectivity index (χ1) is 44.6. The third-order valence-corrected chi connectivity index (χ3v) is 15.7. The van der Waals surface area contributed by atoms with Gasteiger partial charge in [0.1, 0.15) is 6.61 Å². The van der Waals surface area contributed by atoms with Crippen molar-refractivity contribution in [2.75, 3.05) is 13.2 Å². The Kier molecular flexibility index (Phi) is 73.9. The van der Waals surface area contributed by atoms with Crippen molar-refractivity contribution in [1.29, 1.82) is 0 Å². The largest absolute Gasteiger partial charge is 0.462 e. The van der Waals surface area contributed by atoms with E-state index in [1.54, 1.807) is 0 Å². The Morgan fingerprint density at radius 3 is 0.667 bits per heavy atom. The van der Waals surface area contributed by atoms with Crippen molar-refractivity contribution in [2.24, 2.45) is 0 Å². The van der Waals surface area contributed by atoms with Crippen LogP contribution in [-0.4, -0.2) is 36.4 Å². The van der Waals surface area contributed by atoms with E-state index in [2.05, 4.69) is 196 Å². The Hall–Kier alpha value is -5.00. The fourth-order valence-corrected chi connectivity index (χ4v) is 10.2. The third-order valence-electron chi connectivity index (χ3n) is 15.7. The van der Waals surface area contributed by atoms with Crippen LogP contribution in [0.1, 0.15) is 322 Å². The van der Waals surface area contributed by atoms with Crippen molar-refractivity contribution in [1.82, 2.24) is 0 Å². The zero-order valence-corrected chi connectivity index (χ0v) is 58.3. The molecule has 0 amide bonds. The SMILES string of the molecule is CC/C=C\C/C=C\C/C=C\C/C=C\C/C=C\C/C=C\C/C=C\C/C=C\C/C=C\CCCCCCCCCCCC(=O)OC(CO)COC(=O)CCCCCCCCCCCCCCCCCCCCCC/C=C\C/C=C\C/C=C\C/C=C\C/C=C\C/C=C\CC. The molecule has 0 fully saturated rings. The number of hydrogen-bond acceptors (Lipinski definition) is 5. The van der Waals surface area contributed by atoms with Gasteiger partial charge in [0, 0.05) is 12.8 Å². The van der Waals surface area contributed by atoms with Gasteiger partial charge in [-0.2, -0.15) is 0 Å². The van der Waals surface area contributed by atoms with Crippen molar-refractivity contribution in [2.45, 2.75) is 328 Å². The van der Waals surface area contributed by atoms with Crippen LogP contribution in [0.5, 0.6) is 0 Å². The molecule has 0 aliphatic carbocycles. The second kappa shape index (κ2) is 78.2. The summed E-state index contributed by atoms with van der Waals surface area (Å²) in [6.45, 7) is 3.92. The van der Waals surface area contributed by atoms with E-state index in [1.807, 2.05) is 0 Å². The highest BCUT2D eigenvalue weighted by atomic mass is 16.6. The lowest BCUT2D eigenvalue weighted by atomic mass is 10.0. The predicted octanol–water partition coefficient (Wildman–Crippen LogP) is 26.5. The minimum absolute atomic E-state index is 0.0748. The summed E-state index contributed by atoms with van der Waals surface area (Å²) >= 11 is 0. The van der Waals surface area contributed by atoms with Gasteiger partial charge in [0.2, 0.25) is 0 Å². The van der Waals surface area contributed by atoms with Crippen molar-refractivity contribution in [3.63, 3.8) is 0 Å². The molecule has 0 aromatic heterocycles. The van der Waals surface area contributed by atoms with Gasteiger partial charge in [0.05, 0.1) is 6.61 Å². The van der Waals surface area contributed by atoms with Crippen LogP contribution in [0, 0.1) is 0 Å². The zero-order chi connectivity index (χ0) is 64.7. The number of carbonyl (C=O) groups excluding carboxylic acids is 2. The molecule has 0 bridgehead atoms. The maximum absolute atomic E-state index is 12.4. The molecule has 0 aromatic carbocycles. The molecule has 90 heavy (non-hydrogen) atoms. The van der Waals surface area contributed by atoms with Gasteiger partial charge in [0.15, 0.2) is 6.10 Å². The molecule has 5 nitrogen and oxygen atoms in total. The van der Waals surface area contributed by atoms with Crippen molar-refractivity contribution >= 4 is 11.9 Å². The number of unbranched alkanes of at least 4 members (excludes halogenated alkanes) is 29. The second-order valence-electron chi connectivity index (χ2n) is 24.3. The van der Waals surface area contributed by atoms with Crippen LogP contribution in [-0.2, 0) is 19.1 Å². The molecule has 1 atom stereocenters. The summed E-state index contributed by atoms with van der Waals surface area (Å²) in [5.41, 5.74) is 0. The zero-order valence-electron chi connectivity index (χ0n) is 58.3. The fraction of sp³-hybridized carbons (Fsp3) is 0.624. The molecule has 508 valence electrons. The van der Waals surface area contributed by atoms with Crippen molar-refractivity contribution < 1.29 is 24.2 Å². The number of rotatable bonds is 67. The summed E-state index contributed by atoms with van der Waals surface area (Å²) in [4.78, 5) is 24.7. The monoisotopic (exact) mass is 1240 g/mol. The highest BCUT2D eigenvalue weighted by molar-refractivity contribution is 5.70. The van der Waals surface area contributed by atoms with Crippen LogP contribution in [0.3, 0.4) is 0 Å². The van der Waals surface area contributed by atoms with Crippen molar-refractivity contribution in [3.8, 4) is 0 Å². The molecule has 1 N–H and O–H groups in total. The van der Waals surface area contributed by atoms with Gasteiger partial charge in [-0.3, -0.25) is 9.59 Å². The molecule has 0 aliphatic heterocycles. The maximum Gasteiger partial charge on any atom is 0.306 e. The number of esters is 2. The molecule has 0 saturated heterocycles. The minimum atomic E-state index is -0.788. The highest BCUT2D eigenvalue weighted by Crippen LogP contribution is 2.17. The van der Waals surface area contributed by atoms with Gasteiger partial charge in [-0.25, -0.2) is 0 Å². The number of carbonyl (C=O) groups is 2. The lowest BCUT2D eigenvalue weighted by molar-refractivity contribution is -0.161. The first-order valence-electron chi connectivity index (χ1n) is 37.3. The van der Waals surface area contributed by atoms with E-state index in [0.717, 1.165) is 141 Å². The average molecular weight is 1240 g/mol. The number of allylic oxidation sites excluding steroid dienone is 30. The summed E-state index contributed by atoms with van der Waals surface area (Å²) in [7, 11) is 0. The lowest BCUT2D eigenvalue weighted by Gasteiger charge is -2.15. The van der Waals surface area contributed by atoms with E-state index in [0.29, 0.717) is 12.8 Å². The van der Waals surface area contributed by atoms with E-state index in [4.69, 9.17) is 9.47 Å². The molecule has 0 heterocycles. The topological polar surface area (TPSA) is 72.8 Å². The first-order valence-corrected chi connectivity index (χ1v) is 37.3. The molecule has 5 heteroatoms. The molecule has 0 aliphatic rings.